The minimum atomic E-state index is -0.545. The first-order valence-corrected chi connectivity index (χ1v) is 11.6. The van der Waals surface area contributed by atoms with Crippen LogP contribution in [0.25, 0.3) is 21.9 Å². The lowest BCUT2D eigenvalue weighted by molar-refractivity contribution is 0.0530. The summed E-state index contributed by atoms with van der Waals surface area (Å²) in [5, 5.41) is 11.4. The van der Waals surface area contributed by atoms with Crippen LogP contribution in [0.2, 0.25) is 10.0 Å². The lowest BCUT2D eigenvalue weighted by Gasteiger charge is -2.20. The summed E-state index contributed by atoms with van der Waals surface area (Å²) in [6.07, 6.45) is 1.28. The van der Waals surface area contributed by atoms with Crippen molar-refractivity contribution < 1.29 is 9.53 Å². The van der Waals surface area contributed by atoms with Crippen molar-refractivity contribution in [2.45, 2.75) is 26.4 Å². The number of fused-ring (bicyclic) bond motifs is 2. The van der Waals surface area contributed by atoms with Crippen molar-refractivity contribution in [3.8, 4) is 0 Å². The van der Waals surface area contributed by atoms with Crippen molar-refractivity contribution in [3.05, 3.63) is 64.8 Å². The first-order chi connectivity index (χ1) is 16.2. The number of anilines is 3. The number of nitrogens with zero attached hydrogens (tertiary/aromatic N) is 2. The Labute approximate surface area is 207 Å². The number of rotatable bonds is 6. The number of halogens is 2. The number of amides is 1. The molecular weight excluding hydrogens is 473 g/mol. The molecule has 2 aromatic heterocycles. The molecule has 0 fully saturated rings. The second kappa shape index (κ2) is 9.91. The van der Waals surface area contributed by atoms with Gasteiger partial charge in [0.25, 0.3) is 0 Å². The highest BCUT2D eigenvalue weighted by Gasteiger charge is 2.16. The van der Waals surface area contributed by atoms with Crippen LogP contribution in [0.15, 0.2) is 54.7 Å². The normalized spacial score (nSPS) is 11.4. The molecule has 2 heterocycles. The van der Waals surface area contributed by atoms with E-state index >= 15 is 0 Å². The topological polar surface area (TPSA) is 88.2 Å². The molecule has 1 amide bonds. The Morgan fingerprint density at radius 1 is 0.971 bits per heavy atom. The zero-order valence-corrected chi connectivity index (χ0v) is 20.6. The Balaban J connectivity index is 1.60. The highest BCUT2D eigenvalue weighted by Crippen LogP contribution is 2.33. The van der Waals surface area contributed by atoms with Crippen LogP contribution in [0.4, 0.5) is 21.9 Å². The number of pyridine rings is 2. The molecule has 0 bridgehead atoms. The third-order valence-corrected chi connectivity index (χ3v) is 5.57. The molecule has 0 spiro atoms. The second-order valence-corrected chi connectivity index (χ2v) is 9.51. The highest BCUT2D eigenvalue weighted by molar-refractivity contribution is 6.42. The number of hydrogen-bond acceptors (Lipinski definition) is 6. The van der Waals surface area contributed by atoms with Crippen LogP contribution in [0.1, 0.15) is 20.8 Å². The molecule has 34 heavy (non-hydrogen) atoms. The molecule has 0 saturated carbocycles. The number of alkyl carbamates (subject to hydrolysis) is 1. The molecule has 2 aromatic carbocycles. The Bertz CT molecular complexity index is 1350. The number of hydrogen-bond donors (Lipinski definition) is 3. The first kappa shape index (κ1) is 23.9. The van der Waals surface area contributed by atoms with E-state index in [2.05, 4.69) is 20.9 Å². The SMILES string of the molecule is CC(C)(C)OC(=O)NCCNc1c2cc(Nc3ccc(Cl)c(Cl)c3)ccc2nc2cccnc12. The van der Waals surface area contributed by atoms with E-state index in [-0.39, 0.29) is 0 Å². The van der Waals surface area contributed by atoms with Gasteiger partial charge < -0.3 is 20.7 Å². The lowest BCUT2D eigenvalue weighted by Crippen LogP contribution is -2.35. The first-order valence-electron chi connectivity index (χ1n) is 10.8. The van der Waals surface area contributed by atoms with Crippen molar-refractivity contribution in [2.24, 2.45) is 0 Å². The summed E-state index contributed by atoms with van der Waals surface area (Å²) in [4.78, 5) is 21.2. The van der Waals surface area contributed by atoms with Crippen molar-refractivity contribution in [3.63, 3.8) is 0 Å². The number of benzene rings is 2. The van der Waals surface area contributed by atoms with Crippen LogP contribution < -0.4 is 16.0 Å². The Hall–Kier alpha value is -3.29. The van der Waals surface area contributed by atoms with Gasteiger partial charge in [-0.05, 0) is 69.3 Å². The van der Waals surface area contributed by atoms with Gasteiger partial charge in [-0.3, -0.25) is 4.98 Å². The molecule has 0 aliphatic heterocycles. The molecule has 7 nitrogen and oxygen atoms in total. The molecule has 0 saturated heterocycles. The summed E-state index contributed by atoms with van der Waals surface area (Å²) in [6.45, 7) is 6.35. The fourth-order valence-corrected chi connectivity index (χ4v) is 3.73. The summed E-state index contributed by atoms with van der Waals surface area (Å²) in [5.74, 6) is 0. The smallest absolute Gasteiger partial charge is 0.407 e. The zero-order valence-electron chi connectivity index (χ0n) is 19.1. The lowest BCUT2D eigenvalue weighted by atomic mass is 10.1. The Morgan fingerprint density at radius 3 is 2.50 bits per heavy atom. The molecule has 0 aliphatic carbocycles. The molecule has 0 aliphatic rings. The fraction of sp³-hybridized carbons (Fsp3) is 0.240. The van der Waals surface area contributed by atoms with Crippen LogP contribution in [0.5, 0.6) is 0 Å². The number of aromatic nitrogens is 2. The monoisotopic (exact) mass is 497 g/mol. The van der Waals surface area contributed by atoms with Crippen molar-refractivity contribution in [1.82, 2.24) is 15.3 Å². The number of ether oxygens (including phenoxy) is 1. The van der Waals surface area contributed by atoms with E-state index in [4.69, 9.17) is 32.9 Å². The Kier molecular flexibility index (Phi) is 6.95. The average Bonchev–Trinajstić information content (AvgIpc) is 2.77. The molecular formula is C25H25Cl2N5O2. The van der Waals surface area contributed by atoms with Crippen molar-refractivity contribution >= 4 is 68.3 Å². The predicted molar refractivity (Wildman–Crippen MR) is 140 cm³/mol. The van der Waals surface area contributed by atoms with E-state index < -0.39 is 11.7 Å². The van der Waals surface area contributed by atoms with E-state index in [1.54, 1.807) is 18.3 Å². The largest absolute Gasteiger partial charge is 0.444 e. The van der Waals surface area contributed by atoms with Gasteiger partial charge in [-0.25, -0.2) is 9.78 Å². The summed E-state index contributed by atoms with van der Waals surface area (Å²) in [5.41, 5.74) is 4.32. The summed E-state index contributed by atoms with van der Waals surface area (Å²) in [6, 6.07) is 15.1. The molecule has 4 rings (SSSR count). The van der Waals surface area contributed by atoms with Crippen LogP contribution in [-0.2, 0) is 4.74 Å². The highest BCUT2D eigenvalue weighted by atomic mass is 35.5. The third-order valence-electron chi connectivity index (χ3n) is 4.83. The zero-order chi connectivity index (χ0) is 24.3. The van der Waals surface area contributed by atoms with Crippen molar-refractivity contribution in [2.75, 3.05) is 23.7 Å². The molecule has 0 atom stereocenters. The van der Waals surface area contributed by atoms with Crippen molar-refractivity contribution in [1.29, 1.82) is 0 Å². The molecule has 3 N–H and O–H groups in total. The van der Waals surface area contributed by atoms with Gasteiger partial charge in [0.05, 0.1) is 26.8 Å². The summed E-state index contributed by atoms with van der Waals surface area (Å²) < 4.78 is 5.29. The van der Waals surface area contributed by atoms with Gasteiger partial charge in [-0.1, -0.05) is 23.2 Å². The van der Waals surface area contributed by atoms with E-state index in [1.807, 2.05) is 57.2 Å². The van der Waals surface area contributed by atoms with Gasteiger partial charge >= 0.3 is 6.09 Å². The fourth-order valence-electron chi connectivity index (χ4n) is 3.43. The van der Waals surface area contributed by atoms with E-state index in [1.165, 1.54) is 0 Å². The van der Waals surface area contributed by atoms with Crippen LogP contribution in [0, 0.1) is 0 Å². The van der Waals surface area contributed by atoms with Gasteiger partial charge in [0.1, 0.15) is 11.1 Å². The minimum absolute atomic E-state index is 0.383. The molecule has 0 radical (unpaired) electrons. The standard InChI is InChI=1S/C25H25Cl2N5O2/c1-25(2,3)34-24(33)30-12-11-29-22-17-13-15(31-16-6-8-18(26)19(27)14-16)7-9-20(17)32-21-5-4-10-28-23(21)22/h4-10,13-14,31H,11-12H2,1-3H3,(H,29,32)(H,30,33). The Morgan fingerprint density at radius 2 is 1.74 bits per heavy atom. The van der Waals surface area contributed by atoms with E-state index in [0.717, 1.165) is 39.0 Å². The van der Waals surface area contributed by atoms with Gasteiger partial charge in [0.2, 0.25) is 0 Å². The quantitative estimate of drug-likeness (QED) is 0.201. The van der Waals surface area contributed by atoms with Gasteiger partial charge in [-0.15, -0.1) is 0 Å². The van der Waals surface area contributed by atoms with Crippen LogP contribution in [0.3, 0.4) is 0 Å². The molecule has 9 heteroatoms. The summed E-state index contributed by atoms with van der Waals surface area (Å²) in [7, 11) is 0. The maximum absolute atomic E-state index is 11.9. The minimum Gasteiger partial charge on any atom is -0.444 e. The molecule has 0 unspecified atom stereocenters. The average molecular weight is 498 g/mol. The maximum Gasteiger partial charge on any atom is 0.407 e. The van der Waals surface area contributed by atoms with Gasteiger partial charge in [0, 0.05) is 36.0 Å². The van der Waals surface area contributed by atoms with Gasteiger partial charge in [0.15, 0.2) is 0 Å². The maximum atomic E-state index is 11.9. The molecule has 176 valence electrons. The summed E-state index contributed by atoms with van der Waals surface area (Å²) >= 11 is 12.2. The van der Waals surface area contributed by atoms with Crippen LogP contribution in [-0.4, -0.2) is 34.8 Å². The second-order valence-electron chi connectivity index (χ2n) is 8.70. The van der Waals surface area contributed by atoms with E-state index in [0.29, 0.717) is 23.1 Å². The van der Waals surface area contributed by atoms with Gasteiger partial charge in [-0.2, -0.15) is 0 Å². The number of carbonyl (C=O) groups excluding carboxylic acids is 1. The molecule has 4 aromatic rings. The number of nitrogens with one attached hydrogen (secondary N) is 3. The third kappa shape index (κ3) is 5.79. The van der Waals surface area contributed by atoms with E-state index in [9.17, 15) is 4.79 Å². The predicted octanol–water partition coefficient (Wildman–Crippen LogP) is 6.77. The number of carbonyl (C=O) groups is 1. The van der Waals surface area contributed by atoms with Crippen LogP contribution >= 0.6 is 23.2 Å².